The summed E-state index contributed by atoms with van der Waals surface area (Å²) in [4.78, 5) is 12.1. The molecule has 9 nitrogen and oxygen atoms in total. The minimum Gasteiger partial charge on any atom is -0.394 e. The number of anilines is 1. The fourth-order valence-corrected chi connectivity index (χ4v) is 2.64. The van der Waals surface area contributed by atoms with Gasteiger partial charge in [-0.15, -0.1) is 0 Å². The number of aliphatic hydroxyl groups is 1. The van der Waals surface area contributed by atoms with Crippen molar-refractivity contribution in [1.82, 2.24) is 25.4 Å². The van der Waals surface area contributed by atoms with Crippen molar-refractivity contribution in [2.24, 2.45) is 0 Å². The van der Waals surface area contributed by atoms with E-state index in [4.69, 9.17) is 10.8 Å². The number of hydrogen-bond acceptors (Lipinski definition) is 7. The molecule has 2 heterocycles. The number of amides is 1. The monoisotopic (exact) mass is 292 g/mol. The second-order valence-electron chi connectivity index (χ2n) is 4.91. The summed E-state index contributed by atoms with van der Waals surface area (Å²) in [6.07, 6.45) is 4.37. The fraction of sp³-hybridized carbons (Fsp3) is 0.500. The Morgan fingerprint density at radius 3 is 3.14 bits per heavy atom. The number of nitrogens with two attached hydrogens (primary N) is 1. The lowest BCUT2D eigenvalue weighted by atomic mass is 9.93. The maximum absolute atomic E-state index is 12.1. The molecule has 0 bridgehead atoms. The normalized spacial score (nSPS) is 17.5. The highest BCUT2D eigenvalue weighted by Gasteiger charge is 2.27. The topological polar surface area (TPSA) is 132 Å². The molecule has 1 amide bonds. The zero-order valence-corrected chi connectivity index (χ0v) is 11.3. The predicted octanol–water partition coefficient (Wildman–Crippen LogP) is -0.352. The van der Waals surface area contributed by atoms with E-state index in [9.17, 15) is 4.79 Å². The van der Waals surface area contributed by atoms with E-state index in [0.717, 1.165) is 30.5 Å². The van der Waals surface area contributed by atoms with Crippen molar-refractivity contribution in [3.63, 3.8) is 0 Å². The maximum atomic E-state index is 12.1. The van der Waals surface area contributed by atoms with Crippen molar-refractivity contribution in [2.75, 3.05) is 12.3 Å². The molecular formula is C12H16N6O3. The van der Waals surface area contributed by atoms with E-state index < -0.39 is 5.91 Å². The molecule has 1 aliphatic carbocycles. The SMILES string of the molecule is Nc1nonc1C(=O)NC1CCCc2c1cnn2CCO. The van der Waals surface area contributed by atoms with Crippen LogP contribution >= 0.6 is 0 Å². The Morgan fingerprint density at radius 2 is 2.43 bits per heavy atom. The molecule has 0 fully saturated rings. The summed E-state index contributed by atoms with van der Waals surface area (Å²) < 4.78 is 6.21. The van der Waals surface area contributed by atoms with Crippen LogP contribution in [0.3, 0.4) is 0 Å². The quantitative estimate of drug-likeness (QED) is 0.701. The van der Waals surface area contributed by atoms with Gasteiger partial charge in [0, 0.05) is 11.3 Å². The molecule has 0 aromatic carbocycles. The molecule has 1 atom stereocenters. The van der Waals surface area contributed by atoms with Gasteiger partial charge in [0.05, 0.1) is 25.4 Å². The van der Waals surface area contributed by atoms with E-state index in [1.807, 2.05) is 0 Å². The van der Waals surface area contributed by atoms with Gasteiger partial charge in [0.1, 0.15) is 0 Å². The van der Waals surface area contributed by atoms with Crippen LogP contribution < -0.4 is 11.1 Å². The fourth-order valence-electron chi connectivity index (χ4n) is 2.64. The molecular weight excluding hydrogens is 276 g/mol. The van der Waals surface area contributed by atoms with Crippen LogP contribution in [0.4, 0.5) is 5.82 Å². The summed E-state index contributed by atoms with van der Waals surface area (Å²) in [5.74, 6) is -0.444. The van der Waals surface area contributed by atoms with Gasteiger partial charge in [-0.05, 0) is 29.6 Å². The molecule has 2 aromatic heterocycles. The van der Waals surface area contributed by atoms with Crippen molar-refractivity contribution in [1.29, 1.82) is 0 Å². The zero-order chi connectivity index (χ0) is 14.8. The highest BCUT2D eigenvalue weighted by atomic mass is 16.6. The average Bonchev–Trinajstić information content (AvgIpc) is 3.07. The Balaban J connectivity index is 1.79. The number of rotatable bonds is 4. The molecule has 2 aromatic rings. The predicted molar refractivity (Wildman–Crippen MR) is 71.2 cm³/mol. The number of nitrogens with one attached hydrogen (secondary N) is 1. The van der Waals surface area contributed by atoms with Gasteiger partial charge in [0.15, 0.2) is 0 Å². The molecule has 0 radical (unpaired) electrons. The lowest BCUT2D eigenvalue weighted by molar-refractivity contribution is 0.0923. The summed E-state index contributed by atoms with van der Waals surface area (Å²) in [6.45, 7) is 0.489. The third kappa shape index (κ3) is 2.47. The van der Waals surface area contributed by atoms with Crippen molar-refractivity contribution >= 4 is 11.7 Å². The minimum atomic E-state index is -0.415. The van der Waals surface area contributed by atoms with Crippen LogP contribution in [0, 0.1) is 0 Å². The lowest BCUT2D eigenvalue weighted by Crippen LogP contribution is -2.31. The smallest absolute Gasteiger partial charge is 0.277 e. The van der Waals surface area contributed by atoms with Crippen LogP contribution in [0.25, 0.3) is 0 Å². The second kappa shape index (κ2) is 5.52. The number of nitrogens with zero attached hydrogens (tertiary/aromatic N) is 4. The van der Waals surface area contributed by atoms with Crippen LogP contribution in [0.2, 0.25) is 0 Å². The molecule has 0 spiro atoms. The van der Waals surface area contributed by atoms with E-state index in [2.05, 4.69) is 25.4 Å². The first-order chi connectivity index (χ1) is 10.2. The average molecular weight is 292 g/mol. The first-order valence-electron chi connectivity index (χ1n) is 6.75. The number of carbonyl (C=O) groups is 1. The summed E-state index contributed by atoms with van der Waals surface area (Å²) in [5, 5.41) is 23.1. The van der Waals surface area contributed by atoms with Gasteiger partial charge in [-0.25, -0.2) is 4.63 Å². The summed E-state index contributed by atoms with van der Waals surface area (Å²) in [6, 6.07) is -0.148. The number of carbonyl (C=O) groups excluding carboxylic acids is 1. The third-order valence-corrected chi connectivity index (χ3v) is 3.61. The Morgan fingerprint density at radius 1 is 1.57 bits per heavy atom. The Kier molecular flexibility index (Phi) is 3.57. The van der Waals surface area contributed by atoms with Crippen LogP contribution in [0.1, 0.15) is 40.6 Å². The van der Waals surface area contributed by atoms with Crippen molar-refractivity contribution in [3.05, 3.63) is 23.1 Å². The van der Waals surface area contributed by atoms with E-state index in [1.54, 1.807) is 10.9 Å². The zero-order valence-electron chi connectivity index (χ0n) is 11.3. The molecule has 1 unspecified atom stereocenters. The Hall–Kier alpha value is -2.42. The first kappa shape index (κ1) is 13.6. The maximum Gasteiger partial charge on any atom is 0.277 e. The van der Waals surface area contributed by atoms with Crippen molar-refractivity contribution < 1.29 is 14.5 Å². The van der Waals surface area contributed by atoms with Crippen molar-refractivity contribution in [2.45, 2.75) is 31.8 Å². The van der Waals surface area contributed by atoms with Crippen molar-refractivity contribution in [3.8, 4) is 0 Å². The summed E-state index contributed by atoms with van der Waals surface area (Å²) in [7, 11) is 0. The van der Waals surface area contributed by atoms with Crippen LogP contribution in [0.5, 0.6) is 0 Å². The van der Waals surface area contributed by atoms with Gasteiger partial charge in [-0.2, -0.15) is 5.10 Å². The summed E-state index contributed by atoms with van der Waals surface area (Å²) >= 11 is 0. The van der Waals surface area contributed by atoms with Gasteiger partial charge in [-0.3, -0.25) is 9.48 Å². The largest absolute Gasteiger partial charge is 0.394 e. The highest BCUT2D eigenvalue weighted by molar-refractivity contribution is 5.96. The molecule has 9 heteroatoms. The standard InChI is InChI=1S/C12H16N6O3/c13-11-10(16-21-17-11)12(20)15-8-2-1-3-9-7(8)6-14-18(9)4-5-19/h6,8,19H,1-5H2,(H2,13,17)(H,15,20). The first-order valence-corrected chi connectivity index (χ1v) is 6.75. The molecule has 0 aliphatic heterocycles. The van der Waals surface area contributed by atoms with E-state index in [0.29, 0.717) is 6.54 Å². The highest BCUT2D eigenvalue weighted by Crippen LogP contribution is 2.29. The van der Waals surface area contributed by atoms with Gasteiger partial charge >= 0.3 is 0 Å². The minimum absolute atomic E-state index is 0.00938. The molecule has 0 saturated heterocycles. The van der Waals surface area contributed by atoms with E-state index in [-0.39, 0.29) is 24.2 Å². The van der Waals surface area contributed by atoms with Crippen LogP contribution in [-0.2, 0) is 13.0 Å². The number of fused-ring (bicyclic) bond motifs is 1. The third-order valence-electron chi connectivity index (χ3n) is 3.61. The molecule has 21 heavy (non-hydrogen) atoms. The van der Waals surface area contributed by atoms with Gasteiger partial charge in [-0.1, -0.05) is 0 Å². The Labute approximate surface area is 120 Å². The van der Waals surface area contributed by atoms with Gasteiger partial charge < -0.3 is 16.2 Å². The van der Waals surface area contributed by atoms with Gasteiger partial charge in [0.2, 0.25) is 11.5 Å². The molecule has 3 rings (SSSR count). The molecule has 112 valence electrons. The number of aromatic nitrogens is 4. The molecule has 4 N–H and O–H groups in total. The van der Waals surface area contributed by atoms with E-state index >= 15 is 0 Å². The number of aliphatic hydroxyl groups excluding tert-OH is 1. The van der Waals surface area contributed by atoms with E-state index in [1.165, 1.54) is 0 Å². The molecule has 0 saturated carbocycles. The molecule has 1 aliphatic rings. The van der Waals surface area contributed by atoms with Gasteiger partial charge in [0.25, 0.3) is 5.91 Å². The second-order valence-corrected chi connectivity index (χ2v) is 4.91. The van der Waals surface area contributed by atoms with Crippen LogP contribution in [-0.4, -0.2) is 37.7 Å². The number of nitrogen functional groups attached to an aromatic ring is 1. The van der Waals surface area contributed by atoms with Crippen LogP contribution in [0.15, 0.2) is 10.8 Å². The number of hydrogen-bond donors (Lipinski definition) is 3. The lowest BCUT2D eigenvalue weighted by Gasteiger charge is -2.23. The Bertz CT molecular complexity index is 649. The summed E-state index contributed by atoms with van der Waals surface area (Å²) in [5.41, 5.74) is 7.52.